The summed E-state index contributed by atoms with van der Waals surface area (Å²) in [5.74, 6) is -1.09. The van der Waals surface area contributed by atoms with Gasteiger partial charge in [-0.2, -0.15) is 13.2 Å². The molecular formula is C17H12F4N6O. The van der Waals surface area contributed by atoms with Gasteiger partial charge in [0.15, 0.2) is 11.6 Å². The van der Waals surface area contributed by atoms with E-state index < -0.39 is 23.5 Å². The molecule has 1 aliphatic rings. The van der Waals surface area contributed by atoms with Crippen molar-refractivity contribution in [1.82, 2.24) is 29.6 Å². The van der Waals surface area contributed by atoms with Crippen LogP contribution in [0.25, 0.3) is 11.5 Å². The van der Waals surface area contributed by atoms with Crippen LogP contribution in [-0.4, -0.2) is 42.1 Å². The van der Waals surface area contributed by atoms with Crippen molar-refractivity contribution in [3.8, 4) is 11.5 Å². The second-order valence-corrected chi connectivity index (χ2v) is 6.10. The molecule has 0 saturated heterocycles. The van der Waals surface area contributed by atoms with Gasteiger partial charge in [-0.3, -0.25) is 9.78 Å². The Kier molecular flexibility index (Phi) is 4.28. The van der Waals surface area contributed by atoms with Crippen molar-refractivity contribution in [1.29, 1.82) is 0 Å². The molecule has 0 bridgehead atoms. The normalized spacial score (nSPS) is 14.1. The van der Waals surface area contributed by atoms with Gasteiger partial charge in [0.25, 0.3) is 5.91 Å². The van der Waals surface area contributed by atoms with Crippen LogP contribution in [0.3, 0.4) is 0 Å². The maximum atomic E-state index is 13.5. The van der Waals surface area contributed by atoms with Gasteiger partial charge in [-0.25, -0.2) is 9.37 Å². The van der Waals surface area contributed by atoms with Crippen LogP contribution in [0.1, 0.15) is 21.7 Å². The van der Waals surface area contributed by atoms with Crippen molar-refractivity contribution in [2.75, 3.05) is 6.54 Å². The number of fused-ring (bicyclic) bond motifs is 1. The zero-order chi connectivity index (χ0) is 19.9. The topological polar surface area (TPSA) is 76.8 Å². The maximum absolute atomic E-state index is 13.5. The van der Waals surface area contributed by atoms with Crippen molar-refractivity contribution >= 4 is 5.91 Å². The summed E-state index contributed by atoms with van der Waals surface area (Å²) in [6.07, 6.45) is -0.308. The first-order valence-electron chi connectivity index (χ1n) is 8.19. The Balaban J connectivity index is 1.59. The zero-order valence-corrected chi connectivity index (χ0v) is 14.2. The van der Waals surface area contributed by atoms with E-state index in [4.69, 9.17) is 0 Å². The summed E-state index contributed by atoms with van der Waals surface area (Å²) in [5, 5.41) is 8.11. The Hall–Kier alpha value is -3.37. The molecule has 0 radical (unpaired) electrons. The Morgan fingerprint density at radius 2 is 1.93 bits per heavy atom. The lowest BCUT2D eigenvalue weighted by atomic mass is 10.1. The summed E-state index contributed by atoms with van der Waals surface area (Å²) in [7, 11) is 0. The number of benzene rings is 1. The Bertz CT molecular complexity index is 1030. The van der Waals surface area contributed by atoms with E-state index in [0.717, 1.165) is 6.07 Å². The van der Waals surface area contributed by atoms with E-state index >= 15 is 0 Å². The van der Waals surface area contributed by atoms with Gasteiger partial charge in [-0.05, 0) is 18.2 Å². The maximum Gasteiger partial charge on any atom is 0.419 e. The van der Waals surface area contributed by atoms with Crippen LogP contribution < -0.4 is 0 Å². The summed E-state index contributed by atoms with van der Waals surface area (Å²) < 4.78 is 53.9. The lowest BCUT2D eigenvalue weighted by Gasteiger charge is -2.28. The molecule has 7 nitrogen and oxygen atoms in total. The number of hydrogen-bond acceptors (Lipinski definition) is 5. The van der Waals surface area contributed by atoms with Crippen molar-refractivity contribution in [3.63, 3.8) is 0 Å². The van der Waals surface area contributed by atoms with Crippen LogP contribution in [0.15, 0.2) is 36.8 Å². The SMILES string of the molecule is O=C(c1ccc(F)c(C(F)(F)F)c1)N1CCn2c(nnc2-c2cnccn2)C1. The molecule has 0 saturated carbocycles. The average molecular weight is 392 g/mol. The van der Waals surface area contributed by atoms with Gasteiger partial charge in [0, 0.05) is 31.0 Å². The standard InChI is InChI=1S/C17H12F4N6O/c18-12-2-1-10(7-11(12)17(19,20)21)16(28)26-5-6-27-14(9-26)24-25-15(27)13-8-22-3-4-23-13/h1-4,7-8H,5-6,9H2. The fourth-order valence-corrected chi connectivity index (χ4v) is 2.99. The molecule has 1 aromatic carbocycles. The second kappa shape index (κ2) is 6.66. The van der Waals surface area contributed by atoms with Crippen LogP contribution in [0.5, 0.6) is 0 Å². The molecule has 4 rings (SSSR count). The minimum Gasteiger partial charge on any atom is -0.329 e. The van der Waals surface area contributed by atoms with Gasteiger partial charge < -0.3 is 9.47 Å². The third-order valence-corrected chi connectivity index (χ3v) is 4.35. The summed E-state index contributed by atoms with van der Waals surface area (Å²) in [6.45, 7) is 0.633. The molecule has 28 heavy (non-hydrogen) atoms. The molecule has 0 spiro atoms. The van der Waals surface area contributed by atoms with Gasteiger partial charge >= 0.3 is 6.18 Å². The minimum atomic E-state index is -4.88. The van der Waals surface area contributed by atoms with Crippen LogP contribution in [0.4, 0.5) is 17.6 Å². The molecule has 0 fully saturated rings. The summed E-state index contributed by atoms with van der Waals surface area (Å²) >= 11 is 0. The number of carbonyl (C=O) groups is 1. The molecule has 3 aromatic rings. The van der Waals surface area contributed by atoms with Crippen LogP contribution >= 0.6 is 0 Å². The van der Waals surface area contributed by atoms with E-state index in [1.807, 2.05) is 0 Å². The highest BCUT2D eigenvalue weighted by molar-refractivity contribution is 5.94. The summed E-state index contributed by atoms with van der Waals surface area (Å²) in [6, 6.07) is 2.22. The smallest absolute Gasteiger partial charge is 0.329 e. The van der Waals surface area contributed by atoms with E-state index in [1.165, 1.54) is 23.5 Å². The van der Waals surface area contributed by atoms with Crippen molar-refractivity contribution in [3.05, 3.63) is 59.6 Å². The highest BCUT2D eigenvalue weighted by Crippen LogP contribution is 2.32. The molecular weight excluding hydrogens is 380 g/mol. The first-order valence-corrected chi connectivity index (χ1v) is 8.19. The molecule has 0 N–H and O–H groups in total. The quantitative estimate of drug-likeness (QED) is 0.627. The monoisotopic (exact) mass is 392 g/mol. The lowest BCUT2D eigenvalue weighted by molar-refractivity contribution is -0.140. The summed E-state index contributed by atoms with van der Waals surface area (Å²) in [4.78, 5) is 22.1. The van der Waals surface area contributed by atoms with E-state index in [2.05, 4.69) is 20.2 Å². The van der Waals surface area contributed by atoms with Crippen molar-refractivity contribution in [2.24, 2.45) is 0 Å². The number of rotatable bonds is 2. The fraction of sp³-hybridized carbons (Fsp3) is 0.235. The zero-order valence-electron chi connectivity index (χ0n) is 14.2. The Morgan fingerprint density at radius 3 is 2.64 bits per heavy atom. The number of carbonyl (C=O) groups excluding carboxylic acids is 1. The lowest BCUT2D eigenvalue weighted by Crippen LogP contribution is -2.38. The Morgan fingerprint density at radius 1 is 1.11 bits per heavy atom. The van der Waals surface area contributed by atoms with Crippen molar-refractivity contribution in [2.45, 2.75) is 19.3 Å². The summed E-state index contributed by atoms with van der Waals surface area (Å²) in [5.41, 5.74) is -1.19. The minimum absolute atomic E-state index is 0.0603. The number of amides is 1. The van der Waals surface area contributed by atoms with Gasteiger partial charge in [0.2, 0.25) is 0 Å². The van der Waals surface area contributed by atoms with Gasteiger partial charge in [0.1, 0.15) is 11.5 Å². The highest BCUT2D eigenvalue weighted by atomic mass is 19.4. The average Bonchev–Trinajstić information content (AvgIpc) is 3.11. The van der Waals surface area contributed by atoms with Crippen molar-refractivity contribution < 1.29 is 22.4 Å². The van der Waals surface area contributed by atoms with E-state index in [1.54, 1.807) is 4.57 Å². The number of halogens is 4. The first-order chi connectivity index (χ1) is 13.3. The second-order valence-electron chi connectivity index (χ2n) is 6.10. The fourth-order valence-electron chi connectivity index (χ4n) is 2.99. The van der Waals surface area contributed by atoms with Gasteiger partial charge in [0.05, 0.1) is 18.3 Å². The van der Waals surface area contributed by atoms with Gasteiger partial charge in [-0.1, -0.05) is 0 Å². The van der Waals surface area contributed by atoms with Crippen LogP contribution in [-0.2, 0) is 19.3 Å². The molecule has 0 aliphatic carbocycles. The predicted molar refractivity (Wildman–Crippen MR) is 87.2 cm³/mol. The molecule has 0 atom stereocenters. The molecule has 2 aromatic heterocycles. The first kappa shape index (κ1) is 18.0. The Labute approximate surface area is 155 Å². The molecule has 1 amide bonds. The van der Waals surface area contributed by atoms with Crippen LogP contribution in [0.2, 0.25) is 0 Å². The third kappa shape index (κ3) is 3.19. The molecule has 1 aliphatic heterocycles. The van der Waals surface area contributed by atoms with Gasteiger partial charge in [-0.15, -0.1) is 10.2 Å². The molecule has 144 valence electrons. The molecule has 3 heterocycles. The highest BCUT2D eigenvalue weighted by Gasteiger charge is 2.35. The number of nitrogens with zero attached hydrogens (tertiary/aromatic N) is 6. The predicted octanol–water partition coefficient (Wildman–Crippen LogP) is 2.55. The van der Waals surface area contributed by atoms with E-state index in [0.29, 0.717) is 36.0 Å². The molecule has 11 heteroatoms. The third-order valence-electron chi connectivity index (χ3n) is 4.35. The molecule has 0 unspecified atom stereocenters. The largest absolute Gasteiger partial charge is 0.419 e. The van der Waals surface area contributed by atoms with E-state index in [9.17, 15) is 22.4 Å². The number of alkyl halides is 3. The number of hydrogen-bond donors (Lipinski definition) is 0. The van der Waals surface area contributed by atoms with E-state index in [-0.39, 0.29) is 18.7 Å². The number of aromatic nitrogens is 5. The van der Waals surface area contributed by atoms with Crippen LogP contribution in [0, 0.1) is 5.82 Å².